The van der Waals surface area contributed by atoms with E-state index in [0.717, 1.165) is 19.3 Å². The van der Waals surface area contributed by atoms with Crippen molar-refractivity contribution >= 4 is 0 Å². The van der Waals surface area contributed by atoms with E-state index < -0.39 is 5.60 Å². The summed E-state index contributed by atoms with van der Waals surface area (Å²) in [5.41, 5.74) is 0.294. The van der Waals surface area contributed by atoms with Crippen molar-refractivity contribution in [2.24, 2.45) is 22.2 Å². The normalized spacial score (nSPS) is 53.2. The summed E-state index contributed by atoms with van der Waals surface area (Å²) in [5.74, 6) is 0.375. The molecule has 0 saturated heterocycles. The van der Waals surface area contributed by atoms with Crippen LogP contribution in [0, 0.1) is 22.2 Å². The number of aliphatic hydroxyl groups excluding tert-OH is 1. The number of rotatable bonds is 1. The zero-order chi connectivity index (χ0) is 14.1. The molecule has 0 aliphatic heterocycles. The van der Waals surface area contributed by atoms with Crippen molar-refractivity contribution in [3.8, 4) is 0 Å². The first-order chi connectivity index (χ1) is 9.48. The summed E-state index contributed by atoms with van der Waals surface area (Å²) in [6.07, 6.45) is 13.3. The smallest absolute Gasteiger partial charge is 0.0687 e. The Morgan fingerprint density at radius 2 is 1.70 bits per heavy atom. The molecule has 4 fully saturated rings. The van der Waals surface area contributed by atoms with E-state index >= 15 is 0 Å². The Bertz CT molecular complexity index is 414. The minimum atomic E-state index is -0.472. The quantitative estimate of drug-likeness (QED) is 0.768. The summed E-state index contributed by atoms with van der Waals surface area (Å²) in [5, 5.41) is 21.7. The van der Waals surface area contributed by atoms with Crippen molar-refractivity contribution in [1.29, 1.82) is 0 Å². The summed E-state index contributed by atoms with van der Waals surface area (Å²) in [6, 6.07) is 0. The van der Waals surface area contributed by atoms with Gasteiger partial charge in [0.25, 0.3) is 0 Å². The summed E-state index contributed by atoms with van der Waals surface area (Å²) in [4.78, 5) is 0. The Balaban J connectivity index is 1.75. The molecule has 1 spiro atoms. The van der Waals surface area contributed by atoms with Crippen LogP contribution < -0.4 is 0 Å². The monoisotopic (exact) mass is 278 g/mol. The Morgan fingerprint density at radius 1 is 0.950 bits per heavy atom. The Labute approximate surface area is 123 Å². The van der Waals surface area contributed by atoms with Gasteiger partial charge in [0.05, 0.1) is 5.60 Å². The molecule has 4 aliphatic carbocycles. The lowest BCUT2D eigenvalue weighted by atomic mass is 9.39. The van der Waals surface area contributed by atoms with Gasteiger partial charge in [-0.05, 0) is 68.1 Å². The maximum absolute atomic E-state index is 11.4. The minimum Gasteiger partial charge on any atom is -0.396 e. The molecule has 0 aromatic rings. The topological polar surface area (TPSA) is 40.5 Å². The Hall–Kier alpha value is -0.0800. The maximum Gasteiger partial charge on any atom is 0.0687 e. The molecule has 0 aromatic carbocycles. The fourth-order valence-corrected chi connectivity index (χ4v) is 7.06. The second-order valence-corrected chi connectivity index (χ2v) is 9.00. The number of hydrogen-bond donors (Lipinski definition) is 2. The average Bonchev–Trinajstić information content (AvgIpc) is 2.86. The van der Waals surface area contributed by atoms with Crippen molar-refractivity contribution in [1.82, 2.24) is 0 Å². The first-order valence-electron chi connectivity index (χ1n) is 8.81. The fraction of sp³-hybridized carbons (Fsp3) is 1.00. The van der Waals surface area contributed by atoms with Gasteiger partial charge in [-0.2, -0.15) is 0 Å². The number of fused-ring (bicyclic) bond motifs is 5. The third-order valence-corrected chi connectivity index (χ3v) is 8.11. The van der Waals surface area contributed by atoms with E-state index in [-0.39, 0.29) is 5.41 Å². The van der Waals surface area contributed by atoms with Gasteiger partial charge in [-0.25, -0.2) is 0 Å². The molecule has 0 amide bonds. The fourth-order valence-electron chi connectivity index (χ4n) is 7.06. The molecule has 4 aliphatic rings. The molecule has 20 heavy (non-hydrogen) atoms. The lowest BCUT2D eigenvalue weighted by molar-refractivity contribution is -0.243. The highest BCUT2D eigenvalue weighted by Crippen LogP contribution is 2.75. The molecule has 4 rings (SSSR count). The van der Waals surface area contributed by atoms with E-state index in [0.29, 0.717) is 23.4 Å². The van der Waals surface area contributed by atoms with E-state index in [4.69, 9.17) is 0 Å². The van der Waals surface area contributed by atoms with Crippen LogP contribution in [0.3, 0.4) is 0 Å². The van der Waals surface area contributed by atoms with Gasteiger partial charge in [0.1, 0.15) is 0 Å². The van der Waals surface area contributed by atoms with E-state index in [1.54, 1.807) is 0 Å². The van der Waals surface area contributed by atoms with Gasteiger partial charge in [0, 0.05) is 12.0 Å². The molecule has 114 valence electrons. The van der Waals surface area contributed by atoms with E-state index in [1.807, 2.05) is 0 Å². The third kappa shape index (κ3) is 1.48. The first kappa shape index (κ1) is 13.6. The van der Waals surface area contributed by atoms with Crippen LogP contribution >= 0.6 is 0 Å². The van der Waals surface area contributed by atoms with Crippen LogP contribution in [0.5, 0.6) is 0 Å². The second-order valence-electron chi connectivity index (χ2n) is 9.00. The molecule has 2 bridgehead atoms. The van der Waals surface area contributed by atoms with Gasteiger partial charge in [-0.1, -0.05) is 26.2 Å². The summed E-state index contributed by atoms with van der Waals surface area (Å²) in [6.45, 7) is 2.70. The van der Waals surface area contributed by atoms with Crippen molar-refractivity contribution in [2.75, 3.05) is 6.61 Å². The van der Waals surface area contributed by atoms with Crippen molar-refractivity contribution < 1.29 is 10.2 Å². The SMILES string of the molecule is CC12CCCC(O)(C1)C1CC3(CCCC3)C1(CO)CC2. The van der Waals surface area contributed by atoms with Gasteiger partial charge >= 0.3 is 0 Å². The molecular weight excluding hydrogens is 248 g/mol. The number of aliphatic hydroxyl groups is 2. The predicted molar refractivity (Wildman–Crippen MR) is 79.3 cm³/mol. The molecular formula is C18H30O2. The van der Waals surface area contributed by atoms with Gasteiger partial charge in [-0.15, -0.1) is 0 Å². The zero-order valence-electron chi connectivity index (χ0n) is 13.0. The molecule has 4 atom stereocenters. The van der Waals surface area contributed by atoms with E-state index in [2.05, 4.69) is 6.92 Å². The van der Waals surface area contributed by atoms with Crippen LogP contribution in [-0.2, 0) is 0 Å². The van der Waals surface area contributed by atoms with Gasteiger partial charge in [-0.3, -0.25) is 0 Å². The van der Waals surface area contributed by atoms with Crippen molar-refractivity contribution in [3.05, 3.63) is 0 Å². The van der Waals surface area contributed by atoms with Crippen LogP contribution in [0.2, 0.25) is 0 Å². The Morgan fingerprint density at radius 3 is 2.40 bits per heavy atom. The van der Waals surface area contributed by atoms with Crippen LogP contribution in [0.1, 0.15) is 77.6 Å². The van der Waals surface area contributed by atoms with E-state index in [1.165, 1.54) is 51.4 Å². The lowest BCUT2D eigenvalue weighted by Gasteiger charge is -2.67. The molecule has 2 heteroatoms. The highest BCUT2D eigenvalue weighted by Gasteiger charge is 2.71. The molecule has 0 aromatic heterocycles. The third-order valence-electron chi connectivity index (χ3n) is 8.11. The predicted octanol–water partition coefficient (Wildman–Crippen LogP) is 3.65. The standard InChI is InChI=1S/C18H30O2/c1-15-5-4-8-18(20,12-15)14-11-16(6-2-3-7-16)17(14,13-19)10-9-15/h14,19-20H,2-13H2,1H3. The average molecular weight is 278 g/mol. The molecule has 0 radical (unpaired) electrons. The molecule has 4 saturated carbocycles. The highest BCUT2D eigenvalue weighted by atomic mass is 16.3. The second kappa shape index (κ2) is 4.01. The van der Waals surface area contributed by atoms with Gasteiger partial charge in [0.15, 0.2) is 0 Å². The Kier molecular flexibility index (Phi) is 2.72. The summed E-state index contributed by atoms with van der Waals surface area (Å²) in [7, 11) is 0. The van der Waals surface area contributed by atoms with Crippen molar-refractivity contribution in [3.63, 3.8) is 0 Å². The maximum atomic E-state index is 11.4. The van der Waals surface area contributed by atoms with Gasteiger partial charge in [0.2, 0.25) is 0 Å². The minimum absolute atomic E-state index is 0.0559. The largest absolute Gasteiger partial charge is 0.396 e. The van der Waals surface area contributed by atoms with Crippen LogP contribution in [0.4, 0.5) is 0 Å². The van der Waals surface area contributed by atoms with Crippen LogP contribution in [0.15, 0.2) is 0 Å². The summed E-state index contributed by atoms with van der Waals surface area (Å²) >= 11 is 0. The van der Waals surface area contributed by atoms with Crippen molar-refractivity contribution in [2.45, 2.75) is 83.2 Å². The first-order valence-corrected chi connectivity index (χ1v) is 8.81. The van der Waals surface area contributed by atoms with E-state index in [9.17, 15) is 10.2 Å². The van der Waals surface area contributed by atoms with Crippen LogP contribution in [-0.4, -0.2) is 22.4 Å². The highest BCUT2D eigenvalue weighted by molar-refractivity contribution is 5.20. The molecule has 4 unspecified atom stereocenters. The lowest BCUT2D eigenvalue weighted by Crippen LogP contribution is -2.66. The molecule has 2 nitrogen and oxygen atoms in total. The zero-order valence-corrected chi connectivity index (χ0v) is 13.0. The van der Waals surface area contributed by atoms with Crippen LogP contribution in [0.25, 0.3) is 0 Å². The molecule has 2 N–H and O–H groups in total. The van der Waals surface area contributed by atoms with Gasteiger partial charge < -0.3 is 10.2 Å². The number of hydrogen-bond acceptors (Lipinski definition) is 2. The molecule has 0 heterocycles. The summed E-state index contributed by atoms with van der Waals surface area (Å²) < 4.78 is 0.